The van der Waals surface area contributed by atoms with Crippen LogP contribution in [0.5, 0.6) is 0 Å². The molecule has 7 heteroatoms. The number of nitrogens with zero attached hydrogens (tertiary/aromatic N) is 2. The summed E-state index contributed by atoms with van der Waals surface area (Å²) in [5, 5.41) is 12.2. The molecule has 0 fully saturated rings. The predicted octanol–water partition coefficient (Wildman–Crippen LogP) is 2.61. The highest BCUT2D eigenvalue weighted by Gasteiger charge is 2.27. The van der Waals surface area contributed by atoms with Gasteiger partial charge in [0.25, 0.3) is 0 Å². The summed E-state index contributed by atoms with van der Waals surface area (Å²) in [5.41, 5.74) is 7.81. The van der Waals surface area contributed by atoms with Gasteiger partial charge >= 0.3 is 5.97 Å². The number of hydrogen-bond acceptors (Lipinski definition) is 7. The Morgan fingerprint density at radius 2 is 2.38 bits per heavy atom. The molecule has 21 heavy (non-hydrogen) atoms. The van der Waals surface area contributed by atoms with E-state index >= 15 is 0 Å². The van der Waals surface area contributed by atoms with Gasteiger partial charge in [-0.25, -0.2) is 4.79 Å². The van der Waals surface area contributed by atoms with Crippen LogP contribution in [0.15, 0.2) is 11.4 Å². The average Bonchev–Trinajstić information content (AvgIpc) is 3.09. The number of nitrogen functional groups attached to an aromatic ring is 1. The Kier molecular flexibility index (Phi) is 3.57. The summed E-state index contributed by atoms with van der Waals surface area (Å²) in [7, 11) is 1.31. The van der Waals surface area contributed by atoms with Crippen molar-refractivity contribution >= 4 is 39.3 Å². The Hall–Kier alpha value is -2.04. The van der Waals surface area contributed by atoms with Gasteiger partial charge in [-0.1, -0.05) is 0 Å². The maximum absolute atomic E-state index is 11.7. The van der Waals surface area contributed by atoms with Crippen LogP contribution in [-0.4, -0.2) is 19.6 Å². The zero-order valence-corrected chi connectivity index (χ0v) is 13.0. The third-order valence-electron chi connectivity index (χ3n) is 3.50. The first kappa shape index (κ1) is 13.9. The van der Waals surface area contributed by atoms with Crippen LogP contribution in [0.1, 0.15) is 25.7 Å². The van der Waals surface area contributed by atoms with E-state index in [2.05, 4.69) is 22.4 Å². The van der Waals surface area contributed by atoms with Crippen molar-refractivity contribution in [2.24, 2.45) is 0 Å². The van der Waals surface area contributed by atoms with Gasteiger partial charge in [-0.2, -0.15) is 5.26 Å². The number of nitriles is 1. The fraction of sp³-hybridized carbons (Fsp3) is 0.286. The SMILES string of the molecule is COC(=O)c1sc(N2CCc3sccc3C2)c(C#N)c1N. The predicted molar refractivity (Wildman–Crippen MR) is 83.9 cm³/mol. The summed E-state index contributed by atoms with van der Waals surface area (Å²) in [4.78, 5) is 15.5. The van der Waals surface area contributed by atoms with E-state index in [1.165, 1.54) is 28.9 Å². The van der Waals surface area contributed by atoms with Crippen molar-refractivity contribution in [3.8, 4) is 6.07 Å². The molecule has 0 unspecified atom stereocenters. The highest BCUT2D eigenvalue weighted by Crippen LogP contribution is 2.40. The van der Waals surface area contributed by atoms with Crippen LogP contribution < -0.4 is 10.6 Å². The summed E-state index contributed by atoms with van der Waals surface area (Å²) in [6.07, 6.45) is 0.948. The van der Waals surface area contributed by atoms with Gasteiger partial charge in [0.15, 0.2) is 0 Å². The molecule has 2 aromatic heterocycles. The molecule has 1 aliphatic rings. The number of ether oxygens (including phenoxy) is 1. The number of nitrogens with two attached hydrogens (primary N) is 1. The van der Waals surface area contributed by atoms with E-state index in [9.17, 15) is 10.1 Å². The molecule has 2 aromatic rings. The molecule has 3 heterocycles. The highest BCUT2D eigenvalue weighted by molar-refractivity contribution is 7.18. The molecule has 1 aliphatic heterocycles. The maximum atomic E-state index is 11.7. The van der Waals surface area contributed by atoms with Gasteiger partial charge in [0.1, 0.15) is 21.5 Å². The molecule has 0 saturated carbocycles. The second kappa shape index (κ2) is 5.39. The minimum Gasteiger partial charge on any atom is -0.465 e. The third-order valence-corrected chi connectivity index (χ3v) is 5.77. The highest BCUT2D eigenvalue weighted by atomic mass is 32.1. The van der Waals surface area contributed by atoms with Gasteiger partial charge in [-0.15, -0.1) is 22.7 Å². The molecule has 0 bridgehead atoms. The largest absolute Gasteiger partial charge is 0.465 e. The van der Waals surface area contributed by atoms with E-state index in [1.54, 1.807) is 11.3 Å². The Balaban J connectivity index is 2.00. The summed E-state index contributed by atoms with van der Waals surface area (Å²) in [6.45, 7) is 1.57. The lowest BCUT2D eigenvalue weighted by Gasteiger charge is -2.27. The van der Waals surface area contributed by atoms with Crippen molar-refractivity contribution in [1.82, 2.24) is 0 Å². The summed E-state index contributed by atoms with van der Waals surface area (Å²) in [5.74, 6) is -0.492. The number of carbonyl (C=O) groups is 1. The number of hydrogen-bond donors (Lipinski definition) is 1. The van der Waals surface area contributed by atoms with E-state index in [-0.39, 0.29) is 5.69 Å². The first-order valence-corrected chi connectivity index (χ1v) is 8.06. The van der Waals surface area contributed by atoms with E-state index < -0.39 is 5.97 Å². The molecule has 3 rings (SSSR count). The Labute approximate surface area is 130 Å². The van der Waals surface area contributed by atoms with Crippen molar-refractivity contribution in [2.75, 3.05) is 24.3 Å². The lowest BCUT2D eigenvalue weighted by atomic mass is 10.1. The van der Waals surface area contributed by atoms with Crippen LogP contribution in [0.25, 0.3) is 0 Å². The number of thiophene rings is 2. The topological polar surface area (TPSA) is 79.3 Å². The molecule has 2 N–H and O–H groups in total. The van der Waals surface area contributed by atoms with Crippen molar-refractivity contribution < 1.29 is 9.53 Å². The molecule has 0 aliphatic carbocycles. The average molecular weight is 319 g/mol. The molecule has 0 saturated heterocycles. The molecule has 0 radical (unpaired) electrons. The first-order valence-electron chi connectivity index (χ1n) is 6.36. The van der Waals surface area contributed by atoms with Gasteiger partial charge in [-0.3, -0.25) is 0 Å². The molecule has 5 nitrogen and oxygen atoms in total. The van der Waals surface area contributed by atoms with E-state index in [1.807, 2.05) is 0 Å². The first-order chi connectivity index (χ1) is 10.2. The minimum atomic E-state index is -0.492. The van der Waals surface area contributed by atoms with Crippen LogP contribution in [-0.2, 0) is 17.7 Å². The third kappa shape index (κ3) is 2.26. The smallest absolute Gasteiger partial charge is 0.350 e. The number of anilines is 2. The van der Waals surface area contributed by atoms with Crippen LogP contribution in [0.3, 0.4) is 0 Å². The monoisotopic (exact) mass is 319 g/mol. The van der Waals surface area contributed by atoms with Gasteiger partial charge in [-0.05, 0) is 23.4 Å². The molecule has 0 aromatic carbocycles. The Morgan fingerprint density at radius 1 is 1.57 bits per heavy atom. The van der Waals surface area contributed by atoms with E-state index in [0.717, 1.165) is 24.5 Å². The number of esters is 1. The van der Waals surface area contributed by atoms with E-state index in [0.29, 0.717) is 10.4 Å². The number of methoxy groups -OCH3 is 1. The van der Waals surface area contributed by atoms with Gasteiger partial charge in [0, 0.05) is 18.0 Å². The van der Waals surface area contributed by atoms with Gasteiger partial charge in [0.2, 0.25) is 0 Å². The quantitative estimate of drug-likeness (QED) is 0.861. The fourth-order valence-electron chi connectivity index (χ4n) is 2.43. The summed E-state index contributed by atoms with van der Waals surface area (Å²) >= 11 is 3.00. The summed E-state index contributed by atoms with van der Waals surface area (Å²) in [6, 6.07) is 4.22. The van der Waals surface area contributed by atoms with Crippen molar-refractivity contribution in [3.05, 3.63) is 32.3 Å². The van der Waals surface area contributed by atoms with Crippen LogP contribution in [0.2, 0.25) is 0 Å². The van der Waals surface area contributed by atoms with Crippen molar-refractivity contribution in [3.63, 3.8) is 0 Å². The standard InChI is InChI=1S/C14H13N3O2S2/c1-19-14(18)12-11(16)9(6-15)13(21-12)17-4-2-10-8(7-17)3-5-20-10/h3,5H,2,4,7,16H2,1H3. The second-order valence-electron chi connectivity index (χ2n) is 4.67. The molecule has 108 valence electrons. The van der Waals surface area contributed by atoms with Crippen molar-refractivity contribution in [2.45, 2.75) is 13.0 Å². The molecule has 0 spiro atoms. The molecule has 0 amide bonds. The zero-order chi connectivity index (χ0) is 15.0. The Morgan fingerprint density at radius 3 is 3.10 bits per heavy atom. The zero-order valence-electron chi connectivity index (χ0n) is 11.4. The summed E-state index contributed by atoms with van der Waals surface area (Å²) < 4.78 is 4.73. The second-order valence-corrected chi connectivity index (χ2v) is 6.67. The van der Waals surface area contributed by atoms with Crippen LogP contribution in [0, 0.1) is 11.3 Å². The van der Waals surface area contributed by atoms with Crippen LogP contribution in [0.4, 0.5) is 10.7 Å². The van der Waals surface area contributed by atoms with Gasteiger partial charge < -0.3 is 15.4 Å². The van der Waals surface area contributed by atoms with Gasteiger partial charge in [0.05, 0.1) is 12.8 Å². The number of carbonyl (C=O) groups excluding carboxylic acids is 1. The maximum Gasteiger partial charge on any atom is 0.350 e. The minimum absolute atomic E-state index is 0.223. The number of fused-ring (bicyclic) bond motifs is 1. The number of rotatable bonds is 2. The molecular weight excluding hydrogens is 306 g/mol. The van der Waals surface area contributed by atoms with E-state index in [4.69, 9.17) is 10.5 Å². The molecular formula is C14H13N3O2S2. The lowest BCUT2D eigenvalue weighted by Crippen LogP contribution is -2.29. The normalized spacial score (nSPS) is 13.6. The van der Waals surface area contributed by atoms with Crippen molar-refractivity contribution in [1.29, 1.82) is 5.26 Å². The lowest BCUT2D eigenvalue weighted by molar-refractivity contribution is 0.0607. The fourth-order valence-corrected chi connectivity index (χ4v) is 4.43. The van der Waals surface area contributed by atoms with Crippen LogP contribution >= 0.6 is 22.7 Å². The Bertz CT molecular complexity index is 742. The molecule has 0 atom stereocenters.